The molecule has 1 amide bonds. The molecule has 1 aliphatic rings. The quantitative estimate of drug-likeness (QED) is 0.415. The van der Waals surface area contributed by atoms with Gasteiger partial charge < -0.3 is 23.0 Å². The molecule has 0 N–H and O–H groups in total. The van der Waals surface area contributed by atoms with E-state index in [1.54, 1.807) is 35.3 Å². The van der Waals surface area contributed by atoms with Crippen molar-refractivity contribution >= 4 is 20.1 Å². The molecular formula is C23H29FN4O5Si. The average molecular weight is 489 g/mol. The molecule has 0 bridgehead atoms. The van der Waals surface area contributed by atoms with Gasteiger partial charge in [-0.25, -0.2) is 14.2 Å². The summed E-state index contributed by atoms with van der Waals surface area (Å²) in [6.07, 6.45) is 3.63. The molecule has 4 rings (SSSR count). The van der Waals surface area contributed by atoms with Crippen LogP contribution in [0, 0.1) is 5.82 Å². The Labute approximate surface area is 198 Å². The molecule has 1 aromatic carbocycles. The highest BCUT2D eigenvalue weighted by atomic mass is 28.4. The second kappa shape index (κ2) is 9.22. The van der Waals surface area contributed by atoms with Crippen LogP contribution in [0.25, 0.3) is 5.69 Å². The molecule has 3 heterocycles. The molecule has 1 fully saturated rings. The lowest BCUT2D eigenvalue weighted by Gasteiger charge is -2.35. The summed E-state index contributed by atoms with van der Waals surface area (Å²) in [5, 5.41) is 3.74. The van der Waals surface area contributed by atoms with Crippen LogP contribution in [0.5, 0.6) is 5.88 Å². The molecule has 34 heavy (non-hydrogen) atoms. The number of halogens is 1. The third kappa shape index (κ3) is 5.15. The van der Waals surface area contributed by atoms with Crippen molar-refractivity contribution in [3.8, 4) is 11.6 Å². The summed E-state index contributed by atoms with van der Waals surface area (Å²) in [5.74, 6) is -0.179. The Hall–Kier alpha value is -3.18. The van der Waals surface area contributed by atoms with Crippen molar-refractivity contribution in [3.63, 3.8) is 0 Å². The molecule has 1 atom stereocenters. The fourth-order valence-electron chi connectivity index (χ4n) is 3.19. The number of aromatic nitrogens is 3. The number of ether oxygens (including phenoxy) is 2. The van der Waals surface area contributed by atoms with E-state index in [0.29, 0.717) is 23.9 Å². The fraction of sp³-hybridized carbons (Fsp3) is 0.435. The molecule has 0 saturated carbocycles. The highest BCUT2D eigenvalue weighted by Gasteiger charge is 2.37. The van der Waals surface area contributed by atoms with E-state index < -0.39 is 26.3 Å². The summed E-state index contributed by atoms with van der Waals surface area (Å²) in [7, 11) is -1.92. The van der Waals surface area contributed by atoms with Gasteiger partial charge in [0.1, 0.15) is 18.7 Å². The van der Waals surface area contributed by atoms with Crippen molar-refractivity contribution < 1.29 is 27.6 Å². The topological polar surface area (TPSA) is 91.9 Å². The maximum Gasteiger partial charge on any atom is 0.414 e. The van der Waals surface area contributed by atoms with Crippen LogP contribution in [0.2, 0.25) is 18.1 Å². The molecule has 0 spiro atoms. The lowest BCUT2D eigenvalue weighted by Crippen LogP contribution is -2.40. The summed E-state index contributed by atoms with van der Waals surface area (Å²) in [6.45, 7) is 11.6. The van der Waals surface area contributed by atoms with Gasteiger partial charge in [0.15, 0.2) is 14.4 Å². The second-order valence-corrected chi connectivity index (χ2v) is 14.5. The maximum absolute atomic E-state index is 15.0. The van der Waals surface area contributed by atoms with Crippen molar-refractivity contribution in [1.82, 2.24) is 14.7 Å². The summed E-state index contributed by atoms with van der Waals surface area (Å²) in [4.78, 5) is 18.0. The Morgan fingerprint density at radius 2 is 2.06 bits per heavy atom. The first-order valence-corrected chi connectivity index (χ1v) is 13.9. The van der Waals surface area contributed by atoms with Crippen LogP contribution in [-0.2, 0) is 15.8 Å². The minimum Gasteiger partial charge on any atom is -0.471 e. The summed E-state index contributed by atoms with van der Waals surface area (Å²) >= 11 is 0. The third-order valence-corrected chi connectivity index (χ3v) is 10.7. The average Bonchev–Trinajstić information content (AvgIpc) is 3.51. The van der Waals surface area contributed by atoms with Crippen LogP contribution in [0.3, 0.4) is 0 Å². The minimum atomic E-state index is -1.92. The van der Waals surface area contributed by atoms with Crippen LogP contribution < -0.4 is 9.64 Å². The number of anilines is 1. The predicted molar refractivity (Wildman–Crippen MR) is 125 cm³/mol. The summed E-state index contributed by atoms with van der Waals surface area (Å²) in [5.41, 5.74) is 1.46. The first-order chi connectivity index (χ1) is 16.0. The van der Waals surface area contributed by atoms with E-state index in [1.807, 2.05) is 0 Å². The second-order valence-electron chi connectivity index (χ2n) is 9.72. The molecule has 2 aromatic heterocycles. The van der Waals surface area contributed by atoms with Crippen molar-refractivity contribution in [3.05, 3.63) is 54.6 Å². The number of carbonyl (C=O) groups excluding carboxylic acids is 1. The molecular weight excluding hydrogens is 459 g/mol. The van der Waals surface area contributed by atoms with Gasteiger partial charge in [-0.3, -0.25) is 4.90 Å². The third-order valence-electron chi connectivity index (χ3n) is 6.25. The zero-order valence-electron chi connectivity index (χ0n) is 19.9. The number of hydrogen-bond acceptors (Lipinski definition) is 7. The van der Waals surface area contributed by atoms with E-state index >= 15 is 0 Å². The monoisotopic (exact) mass is 488 g/mol. The lowest BCUT2D eigenvalue weighted by molar-refractivity contribution is 0.102. The molecule has 11 heteroatoms. The lowest BCUT2D eigenvalue weighted by atomic mass is 10.2. The van der Waals surface area contributed by atoms with Crippen molar-refractivity contribution in [2.24, 2.45) is 0 Å². The van der Waals surface area contributed by atoms with Gasteiger partial charge in [-0.05, 0) is 41.5 Å². The first-order valence-electron chi connectivity index (χ1n) is 11.0. The Balaban J connectivity index is 1.40. The highest BCUT2D eigenvalue weighted by Crippen LogP contribution is 2.37. The van der Waals surface area contributed by atoms with E-state index in [2.05, 4.69) is 44.0 Å². The van der Waals surface area contributed by atoms with Gasteiger partial charge in [0.05, 0.1) is 36.5 Å². The minimum absolute atomic E-state index is 0.0928. The number of amides is 1. The van der Waals surface area contributed by atoms with Crippen molar-refractivity contribution in [1.29, 1.82) is 0 Å². The van der Waals surface area contributed by atoms with E-state index in [1.165, 1.54) is 17.2 Å². The Kier molecular flexibility index (Phi) is 6.50. The van der Waals surface area contributed by atoms with Gasteiger partial charge in [-0.1, -0.05) is 20.8 Å². The molecule has 0 unspecified atom stereocenters. The van der Waals surface area contributed by atoms with Gasteiger partial charge in [-0.15, -0.1) is 0 Å². The smallest absolute Gasteiger partial charge is 0.414 e. The first kappa shape index (κ1) is 24.0. The van der Waals surface area contributed by atoms with Gasteiger partial charge >= 0.3 is 6.09 Å². The number of benzene rings is 1. The van der Waals surface area contributed by atoms with Crippen molar-refractivity contribution in [2.75, 3.05) is 18.1 Å². The molecule has 9 nitrogen and oxygen atoms in total. The molecule has 1 saturated heterocycles. The summed E-state index contributed by atoms with van der Waals surface area (Å²) in [6, 6.07) is 6.15. The number of imidazole rings is 1. The number of hydrogen-bond donors (Lipinski definition) is 0. The normalized spacial score (nSPS) is 16.7. The molecule has 0 radical (unpaired) electrons. The largest absolute Gasteiger partial charge is 0.471 e. The number of carbonyl (C=O) groups is 1. The van der Waals surface area contributed by atoms with Crippen molar-refractivity contribution in [2.45, 2.75) is 51.6 Å². The van der Waals surface area contributed by atoms with E-state index in [4.69, 9.17) is 18.4 Å². The van der Waals surface area contributed by atoms with Gasteiger partial charge in [0, 0.05) is 12.3 Å². The summed E-state index contributed by atoms with van der Waals surface area (Å²) < 4.78 is 38.2. The van der Waals surface area contributed by atoms with Crippen LogP contribution in [0.4, 0.5) is 14.9 Å². The van der Waals surface area contributed by atoms with Gasteiger partial charge in [0.2, 0.25) is 0 Å². The highest BCUT2D eigenvalue weighted by molar-refractivity contribution is 6.74. The number of nitrogens with zero attached hydrogens (tertiary/aromatic N) is 4. The Morgan fingerprint density at radius 1 is 1.26 bits per heavy atom. The van der Waals surface area contributed by atoms with E-state index in [9.17, 15) is 9.18 Å². The standard InChI is InChI=1S/C23H29FN4O5Si/c1-23(2,3)34(4,5)32-13-16-11-27(15-25-16)20-7-6-17(10-19(20)24)28-12-18(33-22(28)29)14-30-21-8-9-31-26-21/h6-11,15,18H,12-14H2,1-5H3/t18-/m1/s1. The van der Waals surface area contributed by atoms with E-state index in [0.717, 1.165) is 5.69 Å². The predicted octanol–water partition coefficient (Wildman–Crippen LogP) is 4.93. The Bertz CT molecular complexity index is 1140. The molecule has 0 aliphatic carbocycles. The molecule has 1 aliphatic heterocycles. The van der Waals surface area contributed by atoms with Gasteiger partial charge in [-0.2, -0.15) is 0 Å². The van der Waals surface area contributed by atoms with Crippen LogP contribution in [0.1, 0.15) is 26.5 Å². The fourth-order valence-corrected chi connectivity index (χ4v) is 4.13. The molecule has 3 aromatic rings. The number of rotatable bonds is 8. The van der Waals surface area contributed by atoms with E-state index in [-0.39, 0.29) is 18.2 Å². The molecule has 182 valence electrons. The van der Waals surface area contributed by atoms with Gasteiger partial charge in [0.25, 0.3) is 5.88 Å². The SMILES string of the molecule is CC(C)(C)[Si](C)(C)OCc1cn(-c2ccc(N3C[C@H](COc4ccon4)OC3=O)cc2F)cn1. The maximum atomic E-state index is 15.0. The van der Waals surface area contributed by atoms with Crippen LogP contribution >= 0.6 is 0 Å². The zero-order chi connectivity index (χ0) is 24.5. The zero-order valence-corrected chi connectivity index (χ0v) is 20.9. The van der Waals surface area contributed by atoms with Crippen LogP contribution in [-0.4, -0.2) is 48.4 Å². The Morgan fingerprint density at radius 3 is 2.74 bits per heavy atom. The number of cyclic esters (lactones) is 1. The van der Waals surface area contributed by atoms with Crippen LogP contribution in [0.15, 0.2) is 47.6 Å².